The van der Waals surface area contributed by atoms with Gasteiger partial charge in [0.2, 0.25) is 5.95 Å². The number of nitrogens with one attached hydrogen (secondary N) is 2. The van der Waals surface area contributed by atoms with Crippen LogP contribution in [0.25, 0.3) is 10.9 Å². The summed E-state index contributed by atoms with van der Waals surface area (Å²) in [4.78, 5) is 11.7. The van der Waals surface area contributed by atoms with Crippen LogP contribution in [0.4, 0.5) is 11.8 Å². The van der Waals surface area contributed by atoms with Crippen molar-refractivity contribution in [1.29, 1.82) is 0 Å². The molecule has 0 radical (unpaired) electrons. The zero-order valence-corrected chi connectivity index (χ0v) is 23.6. The molecule has 7 heteroatoms. The lowest BCUT2D eigenvalue weighted by Crippen LogP contribution is -2.28. The van der Waals surface area contributed by atoms with Crippen LogP contribution in [-0.2, 0) is 6.54 Å². The Kier molecular flexibility index (Phi) is 12.1. The molecule has 1 aliphatic rings. The number of para-hydroxylation sites is 1. The maximum absolute atomic E-state index is 5.98. The molecule has 2 N–H and O–H groups in total. The molecular weight excluding hydrogens is 486 g/mol. The van der Waals surface area contributed by atoms with Gasteiger partial charge in [-0.15, -0.1) is 0 Å². The Balaban J connectivity index is 0.00000420. The van der Waals surface area contributed by atoms with Crippen molar-refractivity contribution in [2.75, 3.05) is 44.1 Å². The number of hydrogen-bond donors (Lipinski definition) is 2. The lowest BCUT2D eigenvalue weighted by Gasteiger charge is -2.29. The highest BCUT2D eigenvalue weighted by molar-refractivity contribution is 5.90. The van der Waals surface area contributed by atoms with Gasteiger partial charge in [-0.2, -0.15) is 4.98 Å². The maximum Gasteiger partial charge on any atom is 0.225 e. The zero-order chi connectivity index (χ0) is 26.7. The van der Waals surface area contributed by atoms with Gasteiger partial charge in [0.05, 0.1) is 18.7 Å². The van der Waals surface area contributed by atoms with Crippen LogP contribution in [0, 0.1) is 5.92 Å². The van der Waals surface area contributed by atoms with E-state index in [0.717, 1.165) is 92.1 Å². The summed E-state index contributed by atoms with van der Waals surface area (Å²) in [5.74, 6) is 4.34. The summed E-state index contributed by atoms with van der Waals surface area (Å²) in [5.41, 5.74) is 2.16. The van der Waals surface area contributed by atoms with Crippen molar-refractivity contribution in [2.45, 2.75) is 78.8 Å². The summed E-state index contributed by atoms with van der Waals surface area (Å²) in [6.45, 7) is 7.55. The zero-order valence-electron chi connectivity index (χ0n) is 23.6. The molecular formula is C32H49N5O2. The fraction of sp³-hybridized carbons (Fsp3) is 0.562. The van der Waals surface area contributed by atoms with Crippen molar-refractivity contribution in [3.8, 4) is 11.5 Å². The standard InChI is InChI=1S/C31H45N5O2.CH4/c1-5-19-37-26-15-16-29(38-20-6-2)24(21-26)22-32-18-17-23-11-13-25(14-12-23)33-31-34-28-10-8-7-9-27(28)30(35-31)36(3)4;/h7-10,15-16,21,23,25,32H,5-6,11-14,17-20,22H2,1-4H3,(H,33,34,35);1H4. The van der Waals surface area contributed by atoms with Crippen LogP contribution in [0.2, 0.25) is 0 Å². The van der Waals surface area contributed by atoms with Crippen LogP contribution in [0.5, 0.6) is 11.5 Å². The molecule has 0 aliphatic heterocycles. The normalized spacial score (nSPS) is 16.9. The number of fused-ring (bicyclic) bond motifs is 1. The Hall–Kier alpha value is -3.06. The average molecular weight is 536 g/mol. The molecule has 0 atom stereocenters. The summed E-state index contributed by atoms with van der Waals surface area (Å²) in [7, 11) is 4.07. The molecule has 0 bridgehead atoms. The van der Waals surface area contributed by atoms with Crippen LogP contribution in [0.1, 0.15) is 71.8 Å². The van der Waals surface area contributed by atoms with Crippen molar-refractivity contribution in [2.24, 2.45) is 5.92 Å². The second kappa shape index (κ2) is 15.5. The monoisotopic (exact) mass is 535 g/mol. The molecule has 0 unspecified atom stereocenters. The molecule has 4 rings (SSSR count). The van der Waals surface area contributed by atoms with Gasteiger partial charge >= 0.3 is 0 Å². The summed E-state index contributed by atoms with van der Waals surface area (Å²) < 4.78 is 11.8. The topological polar surface area (TPSA) is 71.5 Å². The summed E-state index contributed by atoms with van der Waals surface area (Å²) in [5, 5.41) is 8.37. The average Bonchev–Trinajstić information content (AvgIpc) is 2.94. The van der Waals surface area contributed by atoms with Gasteiger partial charge in [-0.3, -0.25) is 0 Å². The SMILES string of the molecule is C.CCCOc1ccc(OCCC)c(CNCCC2CCC(Nc3nc(N(C)C)c4ccccc4n3)CC2)c1. The van der Waals surface area contributed by atoms with E-state index >= 15 is 0 Å². The number of rotatable bonds is 14. The van der Waals surface area contributed by atoms with Crippen LogP contribution in [0.15, 0.2) is 42.5 Å². The van der Waals surface area contributed by atoms with Crippen LogP contribution >= 0.6 is 0 Å². The fourth-order valence-electron chi connectivity index (χ4n) is 5.13. The molecule has 3 aromatic rings. The third kappa shape index (κ3) is 8.72. The molecule has 2 aromatic carbocycles. The number of benzene rings is 2. The van der Waals surface area contributed by atoms with Gasteiger partial charge in [0.1, 0.15) is 17.3 Å². The molecule has 0 saturated heterocycles. The van der Waals surface area contributed by atoms with E-state index in [1.807, 2.05) is 38.4 Å². The second-order valence-electron chi connectivity index (χ2n) is 10.6. The van der Waals surface area contributed by atoms with Crippen molar-refractivity contribution >= 4 is 22.7 Å². The molecule has 1 aromatic heterocycles. The molecule has 1 saturated carbocycles. The molecule has 0 spiro atoms. The van der Waals surface area contributed by atoms with E-state index in [9.17, 15) is 0 Å². The van der Waals surface area contributed by atoms with Crippen LogP contribution in [0.3, 0.4) is 0 Å². The molecule has 39 heavy (non-hydrogen) atoms. The fourth-order valence-corrected chi connectivity index (χ4v) is 5.13. The number of hydrogen-bond acceptors (Lipinski definition) is 7. The van der Waals surface area contributed by atoms with Gasteiger partial charge in [-0.1, -0.05) is 33.4 Å². The molecule has 1 aliphatic carbocycles. The van der Waals surface area contributed by atoms with Crippen LogP contribution in [-0.4, -0.2) is 49.9 Å². The first kappa shape index (κ1) is 30.5. The van der Waals surface area contributed by atoms with Crippen LogP contribution < -0.4 is 25.0 Å². The summed E-state index contributed by atoms with van der Waals surface area (Å²) >= 11 is 0. The smallest absolute Gasteiger partial charge is 0.225 e. The quantitative estimate of drug-likeness (QED) is 0.214. The predicted octanol–water partition coefficient (Wildman–Crippen LogP) is 7.06. The lowest BCUT2D eigenvalue weighted by atomic mass is 9.84. The molecule has 7 nitrogen and oxygen atoms in total. The Morgan fingerprint density at radius 3 is 2.41 bits per heavy atom. The highest BCUT2D eigenvalue weighted by atomic mass is 16.5. The highest BCUT2D eigenvalue weighted by Gasteiger charge is 2.22. The molecule has 0 amide bonds. The van der Waals surface area contributed by atoms with Gasteiger partial charge in [0, 0.05) is 37.6 Å². The van der Waals surface area contributed by atoms with Crippen molar-refractivity contribution in [3.63, 3.8) is 0 Å². The van der Waals surface area contributed by atoms with Gasteiger partial charge in [-0.05, 0) is 87.7 Å². The van der Waals surface area contributed by atoms with E-state index in [2.05, 4.69) is 47.6 Å². The highest BCUT2D eigenvalue weighted by Crippen LogP contribution is 2.30. The Bertz CT molecular complexity index is 1140. The minimum atomic E-state index is 0. The van der Waals surface area contributed by atoms with E-state index in [-0.39, 0.29) is 7.43 Å². The minimum absolute atomic E-state index is 0. The first-order valence-electron chi connectivity index (χ1n) is 14.4. The van der Waals surface area contributed by atoms with E-state index in [1.165, 1.54) is 24.8 Å². The minimum Gasteiger partial charge on any atom is -0.494 e. The van der Waals surface area contributed by atoms with Crippen molar-refractivity contribution in [1.82, 2.24) is 15.3 Å². The van der Waals surface area contributed by atoms with Crippen molar-refractivity contribution in [3.05, 3.63) is 48.0 Å². The third-order valence-electron chi connectivity index (χ3n) is 7.20. The molecule has 1 heterocycles. The van der Waals surface area contributed by atoms with Crippen molar-refractivity contribution < 1.29 is 9.47 Å². The number of anilines is 2. The number of aromatic nitrogens is 2. The Labute approximate surface area is 235 Å². The maximum atomic E-state index is 5.98. The van der Waals surface area contributed by atoms with E-state index in [4.69, 9.17) is 19.4 Å². The summed E-state index contributed by atoms with van der Waals surface area (Å²) in [6, 6.07) is 14.8. The first-order chi connectivity index (χ1) is 18.6. The largest absolute Gasteiger partial charge is 0.494 e. The Morgan fingerprint density at radius 1 is 0.923 bits per heavy atom. The first-order valence-corrected chi connectivity index (χ1v) is 14.4. The lowest BCUT2D eigenvalue weighted by molar-refractivity contribution is 0.303. The third-order valence-corrected chi connectivity index (χ3v) is 7.20. The molecule has 1 fully saturated rings. The number of nitrogens with zero attached hydrogens (tertiary/aromatic N) is 3. The van der Waals surface area contributed by atoms with Gasteiger partial charge in [-0.25, -0.2) is 4.98 Å². The second-order valence-corrected chi connectivity index (χ2v) is 10.6. The Morgan fingerprint density at radius 2 is 1.67 bits per heavy atom. The molecule has 214 valence electrons. The van der Waals surface area contributed by atoms with Gasteiger partial charge in [0.25, 0.3) is 0 Å². The predicted molar refractivity (Wildman–Crippen MR) is 164 cm³/mol. The van der Waals surface area contributed by atoms with E-state index in [1.54, 1.807) is 0 Å². The van der Waals surface area contributed by atoms with Gasteiger partial charge < -0.3 is 25.0 Å². The van der Waals surface area contributed by atoms with E-state index in [0.29, 0.717) is 6.04 Å². The van der Waals surface area contributed by atoms with E-state index < -0.39 is 0 Å². The summed E-state index contributed by atoms with van der Waals surface area (Å²) in [6.07, 6.45) is 7.99. The van der Waals surface area contributed by atoms with Gasteiger partial charge in [0.15, 0.2) is 0 Å². The number of ether oxygens (including phenoxy) is 2.